The van der Waals surface area contributed by atoms with Gasteiger partial charge in [0, 0.05) is 28.4 Å². The van der Waals surface area contributed by atoms with Crippen LogP contribution >= 0.6 is 23.1 Å². The highest BCUT2D eigenvalue weighted by Gasteiger charge is 2.27. The maximum absolute atomic E-state index is 13.1. The number of rotatable bonds is 4. The predicted octanol–water partition coefficient (Wildman–Crippen LogP) is 5.62. The van der Waals surface area contributed by atoms with E-state index < -0.39 is 0 Å². The van der Waals surface area contributed by atoms with Crippen LogP contribution in [0.15, 0.2) is 29.3 Å². The maximum atomic E-state index is 13.1. The van der Waals surface area contributed by atoms with E-state index in [-0.39, 0.29) is 11.8 Å². The second-order valence-corrected chi connectivity index (χ2v) is 10.8. The smallest absolute Gasteiger partial charge is 0.237 e. The number of aryl methyl sites for hydroxylation is 1. The number of hydrogen-bond acceptors (Lipinski definition) is 5. The first-order chi connectivity index (χ1) is 14.5. The van der Waals surface area contributed by atoms with E-state index in [0.717, 1.165) is 53.1 Å². The zero-order valence-corrected chi connectivity index (χ0v) is 19.4. The zero-order chi connectivity index (χ0) is 20.8. The number of hydrogen-bond donors (Lipinski definition) is 0. The van der Waals surface area contributed by atoms with Crippen LogP contribution in [0.3, 0.4) is 0 Å². The number of thioether (sulfide) groups is 1. The summed E-state index contributed by atoms with van der Waals surface area (Å²) in [5, 5.41) is 2.21. The molecule has 156 valence electrons. The Kier molecular flexibility index (Phi) is 5.31. The molecule has 6 heteroatoms. The van der Waals surface area contributed by atoms with Gasteiger partial charge >= 0.3 is 0 Å². The van der Waals surface area contributed by atoms with Crippen LogP contribution in [-0.4, -0.2) is 28.2 Å². The summed E-state index contributed by atoms with van der Waals surface area (Å²) in [7, 11) is 0. The Hall–Kier alpha value is -1.92. The van der Waals surface area contributed by atoms with Crippen molar-refractivity contribution >= 4 is 44.9 Å². The molecule has 0 saturated heterocycles. The van der Waals surface area contributed by atoms with Gasteiger partial charge in [0.2, 0.25) is 5.91 Å². The molecule has 3 aromatic rings. The molecule has 3 heterocycles. The van der Waals surface area contributed by atoms with E-state index in [0.29, 0.717) is 5.75 Å². The lowest BCUT2D eigenvalue weighted by molar-refractivity contribution is -0.116. The van der Waals surface area contributed by atoms with Gasteiger partial charge in [0.1, 0.15) is 15.7 Å². The van der Waals surface area contributed by atoms with Crippen molar-refractivity contribution in [1.29, 1.82) is 0 Å². The number of para-hydroxylation sites is 1. The van der Waals surface area contributed by atoms with Gasteiger partial charge in [-0.2, -0.15) is 0 Å². The fourth-order valence-corrected chi connectivity index (χ4v) is 6.89. The molecule has 0 fully saturated rings. The number of nitrogens with zero attached hydrogens (tertiary/aromatic N) is 3. The highest BCUT2D eigenvalue weighted by atomic mass is 32.2. The normalized spacial score (nSPS) is 18.1. The molecule has 0 unspecified atom stereocenters. The first-order valence-electron chi connectivity index (χ1n) is 10.8. The summed E-state index contributed by atoms with van der Waals surface area (Å²) >= 11 is 3.43. The fraction of sp³-hybridized carbons (Fsp3) is 0.458. The minimum atomic E-state index is 0.167. The van der Waals surface area contributed by atoms with Crippen molar-refractivity contribution in [2.45, 2.75) is 57.4 Å². The average Bonchev–Trinajstić information content (AvgIpc) is 3.32. The number of benzene rings is 1. The summed E-state index contributed by atoms with van der Waals surface area (Å²) in [5.74, 6) is 2.47. The van der Waals surface area contributed by atoms with Crippen molar-refractivity contribution in [3.63, 3.8) is 0 Å². The molecule has 1 aliphatic heterocycles. The average molecular weight is 438 g/mol. The lowest BCUT2D eigenvalue weighted by Crippen LogP contribution is -2.30. The molecule has 0 radical (unpaired) electrons. The SMILES string of the molecule is CC(C)c1nc(SCC(=O)N2CCc3ccccc32)c2c3c(sc2n1)C[C@H](C)CC3. The van der Waals surface area contributed by atoms with E-state index in [1.54, 1.807) is 11.8 Å². The Morgan fingerprint density at radius 1 is 1.27 bits per heavy atom. The van der Waals surface area contributed by atoms with E-state index in [1.807, 2.05) is 28.4 Å². The number of thiophene rings is 1. The molecular weight excluding hydrogens is 410 g/mol. The molecule has 1 atom stereocenters. The van der Waals surface area contributed by atoms with Gasteiger partial charge < -0.3 is 4.90 Å². The lowest BCUT2D eigenvalue weighted by atomic mass is 9.89. The van der Waals surface area contributed by atoms with Crippen LogP contribution in [-0.2, 0) is 24.1 Å². The van der Waals surface area contributed by atoms with Crippen LogP contribution in [0.5, 0.6) is 0 Å². The van der Waals surface area contributed by atoms with E-state index >= 15 is 0 Å². The van der Waals surface area contributed by atoms with Crippen molar-refractivity contribution in [1.82, 2.24) is 9.97 Å². The molecule has 30 heavy (non-hydrogen) atoms. The minimum Gasteiger partial charge on any atom is -0.311 e. The van der Waals surface area contributed by atoms with Crippen LogP contribution in [0.25, 0.3) is 10.2 Å². The van der Waals surface area contributed by atoms with Gasteiger partial charge in [0.05, 0.1) is 5.75 Å². The lowest BCUT2D eigenvalue weighted by Gasteiger charge is -2.19. The quantitative estimate of drug-likeness (QED) is 0.392. The third-order valence-electron chi connectivity index (χ3n) is 6.18. The first-order valence-corrected chi connectivity index (χ1v) is 12.6. The Morgan fingerprint density at radius 2 is 2.10 bits per heavy atom. The molecule has 4 nitrogen and oxygen atoms in total. The predicted molar refractivity (Wildman–Crippen MR) is 126 cm³/mol. The van der Waals surface area contributed by atoms with Crippen LogP contribution < -0.4 is 4.90 Å². The van der Waals surface area contributed by atoms with Crippen molar-refractivity contribution in [3.05, 3.63) is 46.1 Å². The molecule has 0 spiro atoms. The molecule has 1 amide bonds. The summed E-state index contributed by atoms with van der Waals surface area (Å²) in [5.41, 5.74) is 3.77. The maximum Gasteiger partial charge on any atom is 0.237 e. The zero-order valence-electron chi connectivity index (χ0n) is 17.8. The van der Waals surface area contributed by atoms with Crippen molar-refractivity contribution in [2.24, 2.45) is 5.92 Å². The molecule has 2 aromatic heterocycles. The summed E-state index contributed by atoms with van der Waals surface area (Å²) in [6.07, 6.45) is 4.40. The highest BCUT2D eigenvalue weighted by Crippen LogP contribution is 2.41. The van der Waals surface area contributed by atoms with E-state index in [4.69, 9.17) is 9.97 Å². The third-order valence-corrected chi connectivity index (χ3v) is 8.28. The molecule has 0 N–H and O–H groups in total. The second-order valence-electron chi connectivity index (χ2n) is 8.79. The van der Waals surface area contributed by atoms with Gasteiger partial charge in [0.25, 0.3) is 0 Å². The van der Waals surface area contributed by atoms with Gasteiger partial charge in [-0.1, -0.05) is 50.7 Å². The Labute approximate surface area is 186 Å². The third kappa shape index (κ3) is 3.54. The topological polar surface area (TPSA) is 46.1 Å². The first kappa shape index (κ1) is 20.0. The van der Waals surface area contributed by atoms with Crippen LogP contribution in [0.1, 0.15) is 54.9 Å². The van der Waals surface area contributed by atoms with E-state index in [9.17, 15) is 4.79 Å². The summed E-state index contributed by atoms with van der Waals surface area (Å²) in [6, 6.07) is 8.24. The van der Waals surface area contributed by atoms with E-state index in [1.165, 1.54) is 27.8 Å². The molecule has 1 aliphatic carbocycles. The van der Waals surface area contributed by atoms with Crippen LogP contribution in [0, 0.1) is 5.92 Å². The number of carbonyl (C=O) groups is 1. The fourth-order valence-electron chi connectivity index (χ4n) is 4.49. The van der Waals surface area contributed by atoms with Gasteiger partial charge in [-0.15, -0.1) is 11.3 Å². The second kappa shape index (κ2) is 7.97. The van der Waals surface area contributed by atoms with Crippen LogP contribution in [0.2, 0.25) is 0 Å². The monoisotopic (exact) mass is 437 g/mol. The Morgan fingerprint density at radius 3 is 2.93 bits per heavy atom. The van der Waals surface area contributed by atoms with Crippen LogP contribution in [0.4, 0.5) is 5.69 Å². The molecule has 1 aromatic carbocycles. The summed E-state index contributed by atoms with van der Waals surface area (Å²) in [6.45, 7) is 7.39. The number of aromatic nitrogens is 2. The minimum absolute atomic E-state index is 0.167. The standard InChI is InChI=1S/C24H27N3OS2/c1-14(2)22-25-23(21-17-9-8-15(3)12-19(17)30-24(21)26-22)29-13-20(28)27-11-10-16-6-4-5-7-18(16)27/h4-7,14-15H,8-13H2,1-3H3/t15-/m1/s1. The number of anilines is 1. The molecular formula is C24H27N3OS2. The molecule has 0 saturated carbocycles. The highest BCUT2D eigenvalue weighted by molar-refractivity contribution is 8.00. The van der Waals surface area contributed by atoms with Gasteiger partial charge in [0.15, 0.2) is 0 Å². The molecule has 2 aliphatic rings. The summed E-state index contributed by atoms with van der Waals surface area (Å²) in [4.78, 5) is 27.4. The van der Waals surface area contributed by atoms with E-state index in [2.05, 4.69) is 32.9 Å². The van der Waals surface area contributed by atoms with Gasteiger partial charge in [-0.05, 0) is 48.8 Å². The largest absolute Gasteiger partial charge is 0.311 e. The Balaban J connectivity index is 1.45. The van der Waals surface area contributed by atoms with Crippen molar-refractivity contribution in [2.75, 3.05) is 17.2 Å². The summed E-state index contributed by atoms with van der Waals surface area (Å²) < 4.78 is 0. The van der Waals surface area contributed by atoms with Gasteiger partial charge in [-0.3, -0.25) is 4.79 Å². The molecule has 0 bridgehead atoms. The Bertz CT molecular complexity index is 1120. The number of carbonyl (C=O) groups excluding carboxylic acids is 1. The van der Waals surface area contributed by atoms with Crippen molar-refractivity contribution < 1.29 is 4.79 Å². The van der Waals surface area contributed by atoms with Gasteiger partial charge in [-0.25, -0.2) is 9.97 Å². The number of fused-ring (bicyclic) bond motifs is 4. The molecule has 5 rings (SSSR count). The number of amides is 1. The van der Waals surface area contributed by atoms with Crippen molar-refractivity contribution in [3.8, 4) is 0 Å².